The van der Waals surface area contributed by atoms with E-state index in [2.05, 4.69) is 15.9 Å². The number of halogens is 3. The van der Waals surface area contributed by atoms with Crippen LogP contribution in [-0.4, -0.2) is 0 Å². The van der Waals surface area contributed by atoms with Gasteiger partial charge in [-0.05, 0) is 42.7 Å². The molecule has 0 aromatic heterocycles. The number of aryl methyl sites for hydroxylation is 1. The monoisotopic (exact) mass is 341 g/mol. The molecule has 2 N–H and O–H groups in total. The third-order valence-electron chi connectivity index (χ3n) is 3.01. The lowest BCUT2D eigenvalue weighted by atomic mass is 9.98. The topological polar surface area (TPSA) is 26.0 Å². The molecule has 0 bridgehead atoms. The van der Waals surface area contributed by atoms with Gasteiger partial charge in [-0.2, -0.15) is 0 Å². The fourth-order valence-corrected chi connectivity index (χ4v) is 2.72. The van der Waals surface area contributed by atoms with Crippen molar-refractivity contribution in [1.29, 1.82) is 0 Å². The van der Waals surface area contributed by atoms with E-state index in [1.165, 1.54) is 6.07 Å². The number of hydrogen-bond donors (Lipinski definition) is 1. The van der Waals surface area contributed by atoms with E-state index in [9.17, 15) is 4.39 Å². The van der Waals surface area contributed by atoms with E-state index in [-0.39, 0.29) is 5.82 Å². The first kappa shape index (κ1) is 14.5. The Morgan fingerprint density at radius 1 is 1.26 bits per heavy atom. The van der Waals surface area contributed by atoms with E-state index < -0.39 is 6.04 Å². The summed E-state index contributed by atoms with van der Waals surface area (Å²) in [6, 6.07) is 10.3. The molecule has 1 unspecified atom stereocenters. The molecule has 1 atom stereocenters. The molecule has 0 radical (unpaired) electrons. The maximum Gasteiger partial charge on any atom is 0.128 e. The quantitative estimate of drug-likeness (QED) is 0.852. The normalized spacial score (nSPS) is 12.5. The van der Waals surface area contributed by atoms with Crippen LogP contribution in [0.3, 0.4) is 0 Å². The first-order valence-electron chi connectivity index (χ1n) is 5.93. The Balaban J connectivity index is 2.23. The first-order valence-corrected chi connectivity index (χ1v) is 7.10. The second kappa shape index (κ2) is 6.04. The minimum Gasteiger partial charge on any atom is -0.324 e. The Kier molecular flexibility index (Phi) is 4.61. The van der Waals surface area contributed by atoms with Crippen molar-refractivity contribution in [1.82, 2.24) is 0 Å². The first-order chi connectivity index (χ1) is 8.97. The van der Waals surface area contributed by atoms with E-state index >= 15 is 0 Å². The largest absolute Gasteiger partial charge is 0.324 e. The number of nitrogens with two attached hydrogens (primary N) is 1. The van der Waals surface area contributed by atoms with Gasteiger partial charge in [-0.1, -0.05) is 45.7 Å². The summed E-state index contributed by atoms with van der Waals surface area (Å²) in [5.74, 6) is -0.263. The molecule has 100 valence electrons. The molecule has 19 heavy (non-hydrogen) atoms. The summed E-state index contributed by atoms with van der Waals surface area (Å²) in [6.07, 6.45) is 0.506. The van der Waals surface area contributed by atoms with Crippen molar-refractivity contribution in [3.63, 3.8) is 0 Å². The van der Waals surface area contributed by atoms with Crippen LogP contribution in [-0.2, 0) is 6.42 Å². The third-order valence-corrected chi connectivity index (χ3v) is 3.86. The van der Waals surface area contributed by atoms with Gasteiger partial charge in [0.15, 0.2) is 0 Å². The average Bonchev–Trinajstić information content (AvgIpc) is 2.32. The van der Waals surface area contributed by atoms with E-state index in [1.54, 1.807) is 6.07 Å². The Morgan fingerprint density at radius 3 is 2.63 bits per heavy atom. The van der Waals surface area contributed by atoms with Crippen molar-refractivity contribution in [2.75, 3.05) is 0 Å². The Hall–Kier alpha value is -0.900. The van der Waals surface area contributed by atoms with Gasteiger partial charge in [-0.25, -0.2) is 4.39 Å². The van der Waals surface area contributed by atoms with Crippen LogP contribution in [0.5, 0.6) is 0 Å². The lowest BCUT2D eigenvalue weighted by molar-refractivity contribution is 0.579. The van der Waals surface area contributed by atoms with E-state index in [4.69, 9.17) is 17.3 Å². The molecule has 0 aliphatic rings. The molecule has 0 aliphatic carbocycles. The Morgan fingerprint density at radius 2 is 2.00 bits per heavy atom. The minimum absolute atomic E-state index is 0.263. The van der Waals surface area contributed by atoms with Gasteiger partial charge in [0, 0.05) is 21.1 Å². The van der Waals surface area contributed by atoms with Crippen LogP contribution in [0.25, 0.3) is 0 Å². The van der Waals surface area contributed by atoms with Crippen LogP contribution in [0, 0.1) is 12.7 Å². The van der Waals surface area contributed by atoms with Crippen LogP contribution in [0.1, 0.15) is 22.7 Å². The van der Waals surface area contributed by atoms with Gasteiger partial charge >= 0.3 is 0 Å². The van der Waals surface area contributed by atoms with Gasteiger partial charge in [0.1, 0.15) is 5.82 Å². The molecular weight excluding hydrogens is 329 g/mol. The highest BCUT2D eigenvalue weighted by Gasteiger charge is 2.13. The van der Waals surface area contributed by atoms with Crippen molar-refractivity contribution in [3.8, 4) is 0 Å². The molecule has 2 aromatic carbocycles. The minimum atomic E-state index is -0.403. The van der Waals surface area contributed by atoms with Gasteiger partial charge in [0.25, 0.3) is 0 Å². The predicted molar refractivity (Wildman–Crippen MR) is 80.9 cm³/mol. The van der Waals surface area contributed by atoms with Gasteiger partial charge in [0.05, 0.1) is 0 Å². The lowest BCUT2D eigenvalue weighted by Crippen LogP contribution is -2.15. The zero-order chi connectivity index (χ0) is 14.0. The van der Waals surface area contributed by atoms with Gasteiger partial charge in [0.2, 0.25) is 0 Å². The molecule has 0 saturated heterocycles. The van der Waals surface area contributed by atoms with E-state index in [0.29, 0.717) is 17.0 Å². The highest BCUT2D eigenvalue weighted by atomic mass is 79.9. The van der Waals surface area contributed by atoms with Crippen LogP contribution in [0.4, 0.5) is 4.39 Å². The maximum atomic E-state index is 13.8. The molecule has 2 rings (SSSR count). The molecule has 4 heteroatoms. The summed E-state index contributed by atoms with van der Waals surface area (Å²) in [7, 11) is 0. The Labute approximate surface area is 125 Å². The fraction of sp³-hybridized carbons (Fsp3) is 0.200. The molecule has 0 amide bonds. The number of benzene rings is 2. The second-order valence-corrected chi connectivity index (χ2v) is 5.89. The van der Waals surface area contributed by atoms with Crippen molar-refractivity contribution in [2.45, 2.75) is 19.4 Å². The molecule has 0 spiro atoms. The molecule has 0 saturated carbocycles. The van der Waals surface area contributed by atoms with Crippen LogP contribution >= 0.6 is 27.5 Å². The highest BCUT2D eigenvalue weighted by Crippen LogP contribution is 2.26. The van der Waals surface area contributed by atoms with Crippen LogP contribution in [0.2, 0.25) is 5.02 Å². The van der Waals surface area contributed by atoms with Crippen LogP contribution < -0.4 is 5.73 Å². The smallest absolute Gasteiger partial charge is 0.128 e. The molecular formula is C15H14BrClFN. The average molecular weight is 343 g/mol. The summed E-state index contributed by atoms with van der Waals surface area (Å²) in [6.45, 7) is 1.85. The lowest BCUT2D eigenvalue weighted by Gasteiger charge is -2.14. The Bertz CT molecular complexity index is 601. The standard InChI is InChI=1S/C15H14BrClFN/c1-9-2-5-12(14(18)6-9)15(19)7-10-3-4-11(16)8-13(10)17/h2-6,8,15H,7,19H2,1H3. The predicted octanol–water partition coefficient (Wildman–Crippen LogP) is 4.79. The summed E-state index contributed by atoms with van der Waals surface area (Å²) in [5, 5.41) is 0.636. The number of hydrogen-bond acceptors (Lipinski definition) is 1. The summed E-state index contributed by atoms with van der Waals surface area (Å²) < 4.78 is 14.8. The fourth-order valence-electron chi connectivity index (χ4n) is 1.97. The zero-order valence-electron chi connectivity index (χ0n) is 10.5. The highest BCUT2D eigenvalue weighted by molar-refractivity contribution is 9.10. The zero-order valence-corrected chi connectivity index (χ0v) is 12.8. The number of rotatable bonds is 3. The summed E-state index contributed by atoms with van der Waals surface area (Å²) >= 11 is 9.50. The summed E-state index contributed by atoms with van der Waals surface area (Å²) in [4.78, 5) is 0. The van der Waals surface area contributed by atoms with Gasteiger partial charge in [-0.15, -0.1) is 0 Å². The maximum absolute atomic E-state index is 13.8. The van der Waals surface area contributed by atoms with Crippen molar-refractivity contribution < 1.29 is 4.39 Å². The second-order valence-electron chi connectivity index (χ2n) is 4.57. The van der Waals surface area contributed by atoms with Crippen LogP contribution in [0.15, 0.2) is 40.9 Å². The molecule has 0 aliphatic heterocycles. The van der Waals surface area contributed by atoms with E-state index in [1.807, 2.05) is 31.2 Å². The van der Waals surface area contributed by atoms with E-state index in [0.717, 1.165) is 15.6 Å². The van der Waals surface area contributed by atoms with Gasteiger partial charge < -0.3 is 5.73 Å². The third kappa shape index (κ3) is 3.56. The van der Waals surface area contributed by atoms with Crippen molar-refractivity contribution in [2.24, 2.45) is 5.73 Å². The molecule has 1 nitrogen and oxygen atoms in total. The SMILES string of the molecule is Cc1ccc(C(N)Cc2ccc(Br)cc2Cl)c(F)c1. The molecule has 0 heterocycles. The molecule has 0 fully saturated rings. The van der Waals surface area contributed by atoms with Gasteiger partial charge in [-0.3, -0.25) is 0 Å². The molecule has 2 aromatic rings. The van der Waals surface area contributed by atoms with Crippen molar-refractivity contribution in [3.05, 3.63) is 68.4 Å². The van der Waals surface area contributed by atoms with Crippen molar-refractivity contribution >= 4 is 27.5 Å². The summed E-state index contributed by atoms with van der Waals surface area (Å²) in [5.41, 5.74) is 8.39.